The Hall–Kier alpha value is -1.77. The maximum Gasteiger partial charge on any atom is 0.160 e. The van der Waals surface area contributed by atoms with Crippen LogP contribution in [0.1, 0.15) is 62.0 Å². The fourth-order valence-electron chi connectivity index (χ4n) is 2.11. The maximum absolute atomic E-state index is 11.7. The van der Waals surface area contributed by atoms with Crippen LogP contribution in [0.2, 0.25) is 0 Å². The molecular weight excluding hydrogens is 236 g/mol. The fourth-order valence-corrected chi connectivity index (χ4v) is 2.11. The van der Waals surface area contributed by atoms with Gasteiger partial charge >= 0.3 is 0 Å². The van der Waals surface area contributed by atoms with Crippen LogP contribution in [-0.2, 0) is 6.54 Å². The van der Waals surface area contributed by atoms with Crippen molar-refractivity contribution in [3.8, 4) is 0 Å². The van der Waals surface area contributed by atoms with Gasteiger partial charge < -0.3 is 0 Å². The lowest BCUT2D eigenvalue weighted by molar-refractivity contribution is 0.101. The van der Waals surface area contributed by atoms with E-state index in [0.29, 0.717) is 6.54 Å². The number of rotatable bonds is 3. The minimum absolute atomic E-state index is 0.0903. The van der Waals surface area contributed by atoms with Crippen LogP contribution in [-0.4, -0.2) is 17.8 Å². The molecule has 0 N–H and O–H groups in total. The molecule has 1 heterocycles. The first-order valence-electron chi connectivity index (χ1n) is 6.92. The van der Waals surface area contributed by atoms with Gasteiger partial charge in [0.25, 0.3) is 0 Å². The van der Waals surface area contributed by atoms with E-state index in [1.807, 2.05) is 32.0 Å². The van der Waals surface area contributed by atoms with Gasteiger partial charge in [0, 0.05) is 11.1 Å². The van der Waals surface area contributed by atoms with Crippen LogP contribution < -0.4 is 0 Å². The van der Waals surface area contributed by atoms with Gasteiger partial charge in [0.05, 0.1) is 12.3 Å². The molecule has 1 aromatic carbocycles. The Labute approximate surface area is 115 Å². The number of benzene rings is 1. The van der Waals surface area contributed by atoms with Crippen molar-refractivity contribution >= 4 is 17.8 Å². The second-order valence-electron chi connectivity index (χ2n) is 4.18. The smallest absolute Gasteiger partial charge is 0.160 e. The first kappa shape index (κ1) is 15.3. The van der Waals surface area contributed by atoms with Gasteiger partial charge in [-0.25, -0.2) is 4.99 Å². The third kappa shape index (κ3) is 3.60. The highest BCUT2D eigenvalue weighted by Crippen LogP contribution is 2.21. The number of hydrogen-bond acceptors (Lipinski definition) is 3. The monoisotopic (exact) mass is 258 g/mol. The van der Waals surface area contributed by atoms with Crippen molar-refractivity contribution in [3.05, 3.63) is 34.9 Å². The number of carbonyl (C=O) groups excluding carboxylic acids is 1. The molecule has 0 unspecified atom stereocenters. The summed E-state index contributed by atoms with van der Waals surface area (Å²) in [4.78, 5) is 20.3. The lowest BCUT2D eigenvalue weighted by atomic mass is 9.93. The molecule has 1 aromatic rings. The quantitative estimate of drug-likeness (QED) is 0.754. The third-order valence-corrected chi connectivity index (χ3v) is 2.86. The summed E-state index contributed by atoms with van der Waals surface area (Å²) in [5.41, 5.74) is 3.84. The molecule has 3 nitrogen and oxygen atoms in total. The predicted molar refractivity (Wildman–Crippen MR) is 81.4 cm³/mol. The summed E-state index contributed by atoms with van der Waals surface area (Å²) in [6.45, 7) is 8.32. The molecule has 0 saturated heterocycles. The van der Waals surface area contributed by atoms with Crippen LogP contribution in [0.25, 0.3) is 0 Å². The van der Waals surface area contributed by atoms with E-state index in [0.717, 1.165) is 35.2 Å². The van der Waals surface area contributed by atoms with Crippen molar-refractivity contribution in [2.75, 3.05) is 0 Å². The molecule has 0 aliphatic carbocycles. The molecule has 3 heteroatoms. The zero-order valence-corrected chi connectivity index (χ0v) is 12.2. The summed E-state index contributed by atoms with van der Waals surface area (Å²) in [6, 6.07) is 5.81. The van der Waals surface area contributed by atoms with Gasteiger partial charge in [0.15, 0.2) is 5.78 Å². The molecule has 1 aliphatic heterocycles. The van der Waals surface area contributed by atoms with E-state index in [-0.39, 0.29) is 5.78 Å². The highest BCUT2D eigenvalue weighted by Gasteiger charge is 2.17. The number of nitrogens with zero attached hydrogens (tertiary/aromatic N) is 2. The zero-order valence-electron chi connectivity index (χ0n) is 12.2. The molecule has 102 valence electrons. The number of hydrogen-bond donors (Lipinski definition) is 0. The van der Waals surface area contributed by atoms with Crippen LogP contribution in [0, 0.1) is 0 Å². The van der Waals surface area contributed by atoms with E-state index in [4.69, 9.17) is 0 Å². The predicted octanol–water partition coefficient (Wildman–Crippen LogP) is 4.05. The van der Waals surface area contributed by atoms with Gasteiger partial charge in [-0.1, -0.05) is 45.4 Å². The number of aliphatic imine (C=N–C) groups is 2. The molecule has 0 atom stereocenters. The third-order valence-electron chi connectivity index (χ3n) is 2.86. The van der Waals surface area contributed by atoms with Crippen molar-refractivity contribution in [1.82, 2.24) is 0 Å². The van der Waals surface area contributed by atoms with E-state index >= 15 is 0 Å². The minimum Gasteiger partial charge on any atom is -0.294 e. The van der Waals surface area contributed by atoms with Gasteiger partial charge in [-0.2, -0.15) is 0 Å². The zero-order chi connectivity index (χ0) is 14.3. The van der Waals surface area contributed by atoms with Crippen LogP contribution in [0.15, 0.2) is 28.2 Å². The Morgan fingerprint density at radius 2 is 2.05 bits per heavy atom. The lowest BCUT2D eigenvalue weighted by Crippen LogP contribution is -2.10. The summed E-state index contributed by atoms with van der Waals surface area (Å²) in [5, 5.41) is 0. The van der Waals surface area contributed by atoms with Crippen molar-refractivity contribution in [1.29, 1.82) is 0 Å². The van der Waals surface area contributed by atoms with Crippen molar-refractivity contribution in [2.24, 2.45) is 9.98 Å². The van der Waals surface area contributed by atoms with Crippen LogP contribution in [0.3, 0.4) is 0 Å². The van der Waals surface area contributed by atoms with Gasteiger partial charge in [0.2, 0.25) is 0 Å². The standard InChI is InChI=1S/C14H16N2O.C2H6/c1-3-5-13-14-11(8-15-9-16-13)6-4-7-12(14)10(2)17;1-2/h4,6-7,9H,3,5,8H2,1-2H3;1-2H3. The highest BCUT2D eigenvalue weighted by molar-refractivity contribution is 6.13. The Bertz CT molecular complexity index is 501. The van der Waals surface area contributed by atoms with E-state index in [1.165, 1.54) is 0 Å². The largest absolute Gasteiger partial charge is 0.294 e. The molecule has 2 rings (SSSR count). The van der Waals surface area contributed by atoms with Crippen molar-refractivity contribution in [3.63, 3.8) is 0 Å². The molecule has 19 heavy (non-hydrogen) atoms. The Kier molecular flexibility index (Phi) is 6.13. The molecule has 0 fully saturated rings. The van der Waals surface area contributed by atoms with Gasteiger partial charge in [-0.3, -0.25) is 9.79 Å². The minimum atomic E-state index is 0.0903. The van der Waals surface area contributed by atoms with E-state index < -0.39 is 0 Å². The molecule has 1 aliphatic rings. The average Bonchev–Trinajstić information content (AvgIpc) is 2.64. The summed E-state index contributed by atoms with van der Waals surface area (Å²) in [7, 11) is 0. The van der Waals surface area contributed by atoms with Crippen molar-refractivity contribution in [2.45, 2.75) is 47.1 Å². The molecular formula is C16H22N2O. The first-order chi connectivity index (χ1) is 9.24. The number of ketones is 1. The topological polar surface area (TPSA) is 41.8 Å². The Morgan fingerprint density at radius 3 is 2.68 bits per heavy atom. The molecule has 0 aromatic heterocycles. The lowest BCUT2D eigenvalue weighted by Gasteiger charge is -2.12. The number of Topliss-reactive ketones (excluding diaryl/α,β-unsaturated/α-hetero) is 1. The van der Waals surface area contributed by atoms with Crippen molar-refractivity contribution < 1.29 is 4.79 Å². The van der Waals surface area contributed by atoms with E-state index in [2.05, 4.69) is 16.9 Å². The molecule has 0 spiro atoms. The summed E-state index contributed by atoms with van der Waals surface area (Å²) in [6.07, 6.45) is 3.50. The molecule has 0 saturated carbocycles. The SMILES string of the molecule is CC.CCCC1=NC=NCc2cccc(C(C)=O)c21. The summed E-state index contributed by atoms with van der Waals surface area (Å²) < 4.78 is 0. The van der Waals surface area contributed by atoms with Crippen LogP contribution in [0.4, 0.5) is 0 Å². The summed E-state index contributed by atoms with van der Waals surface area (Å²) >= 11 is 0. The number of carbonyl (C=O) groups is 1. The van der Waals surface area contributed by atoms with E-state index in [9.17, 15) is 4.79 Å². The Morgan fingerprint density at radius 1 is 1.32 bits per heavy atom. The van der Waals surface area contributed by atoms with Crippen LogP contribution >= 0.6 is 0 Å². The first-order valence-corrected chi connectivity index (χ1v) is 6.92. The molecule has 0 bridgehead atoms. The Balaban J connectivity index is 0.000000861. The van der Waals surface area contributed by atoms with E-state index in [1.54, 1.807) is 13.3 Å². The molecule has 0 amide bonds. The fraction of sp³-hybridized carbons (Fsp3) is 0.438. The maximum atomic E-state index is 11.7. The number of fused-ring (bicyclic) bond motifs is 1. The second kappa shape index (κ2) is 7.62. The van der Waals surface area contributed by atoms with Gasteiger partial charge in [0.1, 0.15) is 6.34 Å². The van der Waals surface area contributed by atoms with Gasteiger partial charge in [-0.05, 0) is 18.9 Å². The second-order valence-corrected chi connectivity index (χ2v) is 4.18. The summed E-state index contributed by atoms with van der Waals surface area (Å²) in [5.74, 6) is 0.0903. The molecule has 0 radical (unpaired) electrons. The highest BCUT2D eigenvalue weighted by atomic mass is 16.1. The van der Waals surface area contributed by atoms with Gasteiger partial charge in [-0.15, -0.1) is 0 Å². The normalized spacial score (nSPS) is 12.7. The van der Waals surface area contributed by atoms with Crippen LogP contribution in [0.5, 0.6) is 0 Å². The average molecular weight is 258 g/mol.